The van der Waals surface area contributed by atoms with Crippen molar-refractivity contribution in [3.8, 4) is 0 Å². The summed E-state index contributed by atoms with van der Waals surface area (Å²) in [5.74, 6) is 0. The van der Waals surface area contributed by atoms with Gasteiger partial charge in [0.25, 0.3) is 0 Å². The van der Waals surface area contributed by atoms with E-state index in [-0.39, 0.29) is 19.4 Å². The Morgan fingerprint density at radius 2 is 1.88 bits per heavy atom. The van der Waals surface area contributed by atoms with E-state index in [1.54, 1.807) is 12.2 Å². The summed E-state index contributed by atoms with van der Waals surface area (Å²) >= 11 is 5.18. The van der Waals surface area contributed by atoms with Gasteiger partial charge in [-0.25, -0.2) is 0 Å². The first kappa shape index (κ1) is 23.2. The van der Waals surface area contributed by atoms with Crippen molar-refractivity contribution in [2.24, 2.45) is 0 Å². The van der Waals surface area contributed by atoms with E-state index in [1.165, 1.54) is 0 Å². The summed E-state index contributed by atoms with van der Waals surface area (Å²) in [5, 5.41) is 59.5. The van der Waals surface area contributed by atoms with Gasteiger partial charge in [0.15, 0.2) is 5.11 Å². The number of hydrogen-bond acceptors (Lipinski definition) is 7. The van der Waals surface area contributed by atoms with E-state index in [9.17, 15) is 25.5 Å². The van der Waals surface area contributed by atoms with Crippen LogP contribution in [0.2, 0.25) is 0 Å². The highest BCUT2D eigenvalue weighted by Gasteiger charge is 2.32. The van der Waals surface area contributed by atoms with E-state index in [1.807, 2.05) is 13.8 Å². The van der Waals surface area contributed by atoms with Gasteiger partial charge in [0.2, 0.25) is 0 Å². The van der Waals surface area contributed by atoms with Crippen LogP contribution in [0.3, 0.4) is 0 Å². The third kappa shape index (κ3) is 7.43. The highest BCUT2D eigenvalue weighted by Crippen LogP contribution is 2.15. The zero-order valence-corrected chi connectivity index (χ0v) is 16.2. The summed E-state index contributed by atoms with van der Waals surface area (Å²) in [6.07, 6.45) is -0.576. The van der Waals surface area contributed by atoms with Crippen LogP contribution in [0.4, 0.5) is 0 Å². The van der Waals surface area contributed by atoms with Crippen LogP contribution in [0.25, 0.3) is 0 Å². The minimum Gasteiger partial charge on any atom is -0.393 e. The molecule has 1 aliphatic carbocycles. The number of aliphatic hydroxyl groups excluding tert-OH is 5. The third-order valence-electron chi connectivity index (χ3n) is 4.51. The predicted octanol–water partition coefficient (Wildman–Crippen LogP) is -1.64. The van der Waals surface area contributed by atoms with Crippen LogP contribution >= 0.6 is 12.2 Å². The Hall–Kier alpha value is -0.810. The highest BCUT2D eigenvalue weighted by atomic mass is 32.1. The van der Waals surface area contributed by atoms with E-state index in [4.69, 9.17) is 12.2 Å². The molecule has 0 saturated carbocycles. The molecule has 0 aromatic rings. The van der Waals surface area contributed by atoms with Crippen molar-refractivity contribution in [2.45, 2.75) is 75.7 Å². The molecule has 0 radical (unpaired) electrons. The zero-order chi connectivity index (χ0) is 19.7. The Morgan fingerprint density at radius 3 is 2.50 bits per heavy atom. The normalized spacial score (nSPS) is 29.5. The van der Waals surface area contributed by atoms with E-state index < -0.39 is 42.6 Å². The number of hydrogen-bond donors (Lipinski definition) is 8. The van der Waals surface area contributed by atoms with Crippen molar-refractivity contribution in [1.29, 1.82) is 0 Å². The van der Waals surface area contributed by atoms with E-state index in [2.05, 4.69) is 16.0 Å². The Kier molecular flexibility index (Phi) is 10.6. The second kappa shape index (κ2) is 11.8. The summed E-state index contributed by atoms with van der Waals surface area (Å²) < 4.78 is 0. The van der Waals surface area contributed by atoms with E-state index >= 15 is 0 Å². The Balaban J connectivity index is 2.72. The maximum absolute atomic E-state index is 10.5. The first-order chi connectivity index (χ1) is 12.3. The number of thiocarbonyl (C=S) groups is 1. The lowest BCUT2D eigenvalue weighted by molar-refractivity contribution is -0.0623. The van der Waals surface area contributed by atoms with E-state index in [0.717, 1.165) is 0 Å². The first-order valence-corrected chi connectivity index (χ1v) is 9.55. The van der Waals surface area contributed by atoms with Crippen molar-refractivity contribution in [2.75, 3.05) is 13.1 Å². The largest absolute Gasteiger partial charge is 0.393 e. The molecule has 7 atom stereocenters. The van der Waals surface area contributed by atoms with Crippen LogP contribution in [0.15, 0.2) is 12.2 Å². The van der Waals surface area contributed by atoms with Crippen molar-refractivity contribution in [3.05, 3.63) is 12.2 Å². The average molecular weight is 392 g/mol. The Bertz CT molecular complexity index is 454. The quantitative estimate of drug-likeness (QED) is 0.172. The van der Waals surface area contributed by atoms with Crippen molar-refractivity contribution in [1.82, 2.24) is 16.0 Å². The SMILES string of the molecule is CCNC(=S)NC(CNC1C=CCC(O)C(O)C1O)C(O)CC(O)CC. The average Bonchev–Trinajstić information content (AvgIpc) is 2.72. The van der Waals surface area contributed by atoms with Crippen LogP contribution < -0.4 is 16.0 Å². The summed E-state index contributed by atoms with van der Waals surface area (Å²) in [6, 6.07) is -1.09. The summed E-state index contributed by atoms with van der Waals surface area (Å²) in [5.41, 5.74) is 0. The molecule has 1 aliphatic rings. The monoisotopic (exact) mass is 391 g/mol. The Labute approximate surface area is 160 Å². The molecule has 9 heteroatoms. The minimum atomic E-state index is -1.26. The van der Waals surface area contributed by atoms with Crippen LogP contribution in [0.1, 0.15) is 33.1 Å². The van der Waals surface area contributed by atoms with Crippen LogP contribution in [0, 0.1) is 0 Å². The summed E-state index contributed by atoms with van der Waals surface area (Å²) in [7, 11) is 0. The second-order valence-corrected chi connectivity index (χ2v) is 7.03. The molecule has 0 amide bonds. The maximum atomic E-state index is 10.5. The molecule has 0 bridgehead atoms. The highest BCUT2D eigenvalue weighted by molar-refractivity contribution is 7.80. The van der Waals surface area contributed by atoms with Gasteiger partial charge in [0.1, 0.15) is 12.2 Å². The standard InChI is InChI=1S/C17H33N3O5S/c1-3-10(21)8-14(23)12(20-17(26)18-4-2)9-19-11-6-5-7-13(22)16(25)15(11)24/h5-6,10-16,19,21-25H,3-4,7-9H2,1-2H3,(H2,18,20,26). The topological polar surface area (TPSA) is 137 Å². The predicted molar refractivity (Wildman–Crippen MR) is 104 cm³/mol. The molecule has 0 aromatic heterocycles. The Morgan fingerprint density at radius 1 is 1.19 bits per heavy atom. The number of aliphatic hydroxyl groups is 5. The van der Waals surface area contributed by atoms with Gasteiger partial charge >= 0.3 is 0 Å². The molecule has 7 unspecified atom stereocenters. The first-order valence-electron chi connectivity index (χ1n) is 9.14. The molecule has 152 valence electrons. The molecule has 0 aromatic carbocycles. The second-order valence-electron chi connectivity index (χ2n) is 6.62. The van der Waals surface area contributed by atoms with Gasteiger partial charge in [0, 0.05) is 19.5 Å². The van der Waals surface area contributed by atoms with E-state index in [0.29, 0.717) is 18.1 Å². The lowest BCUT2D eigenvalue weighted by atomic mass is 10.0. The maximum Gasteiger partial charge on any atom is 0.166 e. The van der Waals surface area contributed by atoms with Crippen molar-refractivity contribution in [3.63, 3.8) is 0 Å². The molecule has 26 heavy (non-hydrogen) atoms. The fraction of sp³-hybridized carbons (Fsp3) is 0.824. The molecule has 0 aliphatic heterocycles. The molecule has 8 nitrogen and oxygen atoms in total. The van der Waals surface area contributed by atoms with Gasteiger partial charge in [-0.05, 0) is 32.0 Å². The third-order valence-corrected chi connectivity index (χ3v) is 4.77. The van der Waals surface area contributed by atoms with Gasteiger partial charge in [-0.3, -0.25) is 0 Å². The molecular weight excluding hydrogens is 358 g/mol. The fourth-order valence-electron chi connectivity index (χ4n) is 2.78. The number of rotatable bonds is 9. The van der Waals surface area contributed by atoms with Gasteiger partial charge in [-0.15, -0.1) is 0 Å². The van der Waals surface area contributed by atoms with Crippen LogP contribution in [-0.4, -0.2) is 86.3 Å². The lowest BCUT2D eigenvalue weighted by Crippen LogP contribution is -2.56. The van der Waals surface area contributed by atoms with Gasteiger partial charge < -0.3 is 41.5 Å². The molecule has 0 saturated heterocycles. The van der Waals surface area contributed by atoms with Crippen molar-refractivity contribution >= 4 is 17.3 Å². The van der Waals surface area contributed by atoms with Gasteiger partial charge in [0.05, 0.1) is 30.4 Å². The molecule has 0 spiro atoms. The number of nitrogens with one attached hydrogen (secondary N) is 3. The summed E-state index contributed by atoms with van der Waals surface area (Å²) in [4.78, 5) is 0. The van der Waals surface area contributed by atoms with Crippen LogP contribution in [0.5, 0.6) is 0 Å². The molecule has 8 N–H and O–H groups in total. The van der Waals surface area contributed by atoms with Gasteiger partial charge in [-0.2, -0.15) is 0 Å². The van der Waals surface area contributed by atoms with Crippen molar-refractivity contribution < 1.29 is 25.5 Å². The summed E-state index contributed by atoms with van der Waals surface area (Å²) in [6.45, 7) is 4.60. The molecule has 1 rings (SSSR count). The molecular formula is C17H33N3O5S. The van der Waals surface area contributed by atoms with Gasteiger partial charge in [-0.1, -0.05) is 19.1 Å². The zero-order valence-electron chi connectivity index (χ0n) is 15.4. The lowest BCUT2D eigenvalue weighted by Gasteiger charge is -2.31. The molecule has 0 heterocycles. The fourth-order valence-corrected chi connectivity index (χ4v) is 3.08. The molecule has 0 fully saturated rings. The smallest absolute Gasteiger partial charge is 0.166 e. The van der Waals surface area contributed by atoms with Crippen LogP contribution in [-0.2, 0) is 0 Å². The minimum absolute atomic E-state index is 0.189.